The normalized spacial score (nSPS) is 13.7. The van der Waals surface area contributed by atoms with Crippen LogP contribution in [0.1, 0.15) is 53.0 Å². The maximum absolute atomic E-state index is 11.5. The largest absolute Gasteiger partial charge is 0.504 e. The standard InChI is InChI=1S/C13H20O3/c1-12(2,3)11(13(4,5)6)7-8(14)10(16)9(7)15/h11,14H,1-6H3. The van der Waals surface area contributed by atoms with Gasteiger partial charge in [-0.05, 0) is 10.8 Å². The average Bonchev–Trinajstić information content (AvgIpc) is 2.08. The third kappa shape index (κ3) is 1.91. The summed E-state index contributed by atoms with van der Waals surface area (Å²) in [5.74, 6) is -0.454. The minimum absolute atomic E-state index is 0.120. The number of rotatable bonds is 1. The predicted octanol–water partition coefficient (Wildman–Crippen LogP) is 2.16. The van der Waals surface area contributed by atoms with Crippen LogP contribution in [0.5, 0.6) is 5.75 Å². The number of hydrogen-bond donors (Lipinski definition) is 1. The molecule has 1 aromatic carbocycles. The molecule has 0 spiro atoms. The quantitative estimate of drug-likeness (QED) is 0.744. The zero-order valence-corrected chi connectivity index (χ0v) is 10.8. The van der Waals surface area contributed by atoms with E-state index in [2.05, 4.69) is 0 Å². The van der Waals surface area contributed by atoms with Gasteiger partial charge in [0, 0.05) is 5.92 Å². The Labute approximate surface area is 95.8 Å². The minimum Gasteiger partial charge on any atom is -0.504 e. The van der Waals surface area contributed by atoms with Gasteiger partial charge >= 0.3 is 0 Å². The van der Waals surface area contributed by atoms with Crippen molar-refractivity contribution in [3.63, 3.8) is 0 Å². The SMILES string of the molecule is CC(C)(C)C(c1c(O)c(=O)c1=O)C(C)(C)C. The summed E-state index contributed by atoms with van der Waals surface area (Å²) >= 11 is 0. The van der Waals surface area contributed by atoms with Crippen LogP contribution in [0.15, 0.2) is 9.59 Å². The molecule has 3 heteroatoms. The fourth-order valence-corrected chi connectivity index (χ4v) is 2.83. The molecule has 1 rings (SSSR count). The van der Waals surface area contributed by atoms with Gasteiger partial charge < -0.3 is 5.11 Å². The van der Waals surface area contributed by atoms with Gasteiger partial charge in [-0.15, -0.1) is 0 Å². The van der Waals surface area contributed by atoms with Crippen molar-refractivity contribution in [3.05, 3.63) is 26.0 Å². The molecule has 0 fully saturated rings. The molecular weight excluding hydrogens is 204 g/mol. The van der Waals surface area contributed by atoms with Crippen LogP contribution in [0.2, 0.25) is 0 Å². The minimum atomic E-state index is -0.742. The van der Waals surface area contributed by atoms with Crippen molar-refractivity contribution < 1.29 is 5.11 Å². The topological polar surface area (TPSA) is 54.4 Å². The highest BCUT2D eigenvalue weighted by atomic mass is 16.3. The van der Waals surface area contributed by atoms with Crippen LogP contribution in [0.4, 0.5) is 0 Å². The summed E-state index contributed by atoms with van der Waals surface area (Å²) in [5.41, 5.74) is -1.29. The van der Waals surface area contributed by atoms with E-state index in [4.69, 9.17) is 0 Å². The highest BCUT2D eigenvalue weighted by molar-refractivity contribution is 5.42. The van der Waals surface area contributed by atoms with Crippen molar-refractivity contribution in [2.45, 2.75) is 47.5 Å². The molecule has 0 aliphatic heterocycles. The highest BCUT2D eigenvalue weighted by Crippen LogP contribution is 2.48. The molecule has 0 heterocycles. The van der Waals surface area contributed by atoms with Gasteiger partial charge in [0.1, 0.15) is 0 Å². The first-order chi connectivity index (χ1) is 6.98. The molecular formula is C13H20O3. The van der Waals surface area contributed by atoms with Crippen LogP contribution in [0.3, 0.4) is 0 Å². The molecule has 0 radical (unpaired) electrons. The fraction of sp³-hybridized carbons (Fsp3) is 0.692. The van der Waals surface area contributed by atoms with Crippen molar-refractivity contribution in [2.24, 2.45) is 10.8 Å². The zero-order valence-electron chi connectivity index (χ0n) is 10.8. The molecule has 0 saturated heterocycles. The lowest BCUT2D eigenvalue weighted by atomic mass is 9.62. The highest BCUT2D eigenvalue weighted by Gasteiger charge is 2.42. The fourth-order valence-electron chi connectivity index (χ4n) is 2.83. The Bertz CT molecular complexity index is 448. The Balaban J connectivity index is 3.37. The van der Waals surface area contributed by atoms with E-state index in [1.54, 1.807) is 0 Å². The van der Waals surface area contributed by atoms with Crippen LogP contribution in [-0.2, 0) is 0 Å². The summed E-state index contributed by atoms with van der Waals surface area (Å²) in [4.78, 5) is 22.6. The van der Waals surface area contributed by atoms with Crippen molar-refractivity contribution in [2.75, 3.05) is 0 Å². The molecule has 0 aromatic heterocycles. The first-order valence-electron chi connectivity index (χ1n) is 5.50. The van der Waals surface area contributed by atoms with Gasteiger partial charge in [0.05, 0.1) is 5.56 Å². The molecule has 0 unspecified atom stereocenters. The smallest absolute Gasteiger partial charge is 0.267 e. The van der Waals surface area contributed by atoms with Gasteiger partial charge in [0.15, 0.2) is 5.75 Å². The van der Waals surface area contributed by atoms with Crippen molar-refractivity contribution in [1.82, 2.24) is 0 Å². The van der Waals surface area contributed by atoms with Gasteiger partial charge in [-0.2, -0.15) is 0 Å². The second-order valence-electron chi connectivity index (χ2n) is 6.59. The molecule has 0 aliphatic rings. The van der Waals surface area contributed by atoms with Gasteiger partial charge in [-0.25, -0.2) is 0 Å². The van der Waals surface area contributed by atoms with E-state index in [0.29, 0.717) is 5.56 Å². The van der Waals surface area contributed by atoms with Crippen LogP contribution in [0.25, 0.3) is 0 Å². The van der Waals surface area contributed by atoms with E-state index in [1.807, 2.05) is 41.5 Å². The summed E-state index contributed by atoms with van der Waals surface area (Å²) in [6.07, 6.45) is 0. The molecule has 0 amide bonds. The Morgan fingerprint density at radius 1 is 0.875 bits per heavy atom. The summed E-state index contributed by atoms with van der Waals surface area (Å²) in [6, 6.07) is 0. The van der Waals surface area contributed by atoms with Crippen LogP contribution < -0.4 is 10.9 Å². The van der Waals surface area contributed by atoms with Crippen LogP contribution in [0, 0.1) is 10.8 Å². The van der Waals surface area contributed by atoms with Crippen LogP contribution >= 0.6 is 0 Å². The lowest BCUT2D eigenvalue weighted by molar-refractivity contribution is 0.169. The third-order valence-corrected chi connectivity index (χ3v) is 2.94. The lowest BCUT2D eigenvalue weighted by Gasteiger charge is -2.41. The molecule has 1 N–H and O–H groups in total. The van der Waals surface area contributed by atoms with E-state index in [9.17, 15) is 14.7 Å². The Kier molecular flexibility index (Phi) is 2.78. The molecule has 3 nitrogen and oxygen atoms in total. The zero-order chi connectivity index (χ0) is 12.9. The Hall–Kier alpha value is -1.12. The average molecular weight is 224 g/mol. The third-order valence-electron chi connectivity index (χ3n) is 2.94. The monoisotopic (exact) mass is 224 g/mol. The number of aromatic hydroxyl groups is 1. The lowest BCUT2D eigenvalue weighted by Crippen LogP contribution is -2.43. The molecule has 16 heavy (non-hydrogen) atoms. The molecule has 1 aromatic rings. The Morgan fingerprint density at radius 3 is 1.50 bits per heavy atom. The van der Waals surface area contributed by atoms with Crippen molar-refractivity contribution in [3.8, 4) is 5.75 Å². The summed E-state index contributed by atoms with van der Waals surface area (Å²) in [6.45, 7) is 12.1. The molecule has 90 valence electrons. The van der Waals surface area contributed by atoms with E-state index in [1.165, 1.54) is 0 Å². The summed E-state index contributed by atoms with van der Waals surface area (Å²) in [7, 11) is 0. The summed E-state index contributed by atoms with van der Waals surface area (Å²) in [5, 5.41) is 9.55. The maximum Gasteiger partial charge on any atom is 0.267 e. The summed E-state index contributed by atoms with van der Waals surface area (Å²) < 4.78 is 0. The second kappa shape index (κ2) is 3.44. The van der Waals surface area contributed by atoms with Gasteiger partial charge in [-0.3, -0.25) is 9.59 Å². The van der Waals surface area contributed by atoms with Gasteiger partial charge in [-0.1, -0.05) is 41.5 Å². The molecule has 0 saturated carbocycles. The predicted molar refractivity (Wildman–Crippen MR) is 64.7 cm³/mol. The van der Waals surface area contributed by atoms with Crippen molar-refractivity contribution in [1.29, 1.82) is 0 Å². The van der Waals surface area contributed by atoms with E-state index < -0.39 is 10.9 Å². The van der Waals surface area contributed by atoms with E-state index >= 15 is 0 Å². The Morgan fingerprint density at radius 2 is 1.25 bits per heavy atom. The van der Waals surface area contributed by atoms with Gasteiger partial charge in [0.2, 0.25) is 5.43 Å². The van der Waals surface area contributed by atoms with Crippen molar-refractivity contribution >= 4 is 0 Å². The van der Waals surface area contributed by atoms with Gasteiger partial charge in [0.25, 0.3) is 5.43 Å². The van der Waals surface area contributed by atoms with E-state index in [0.717, 1.165) is 0 Å². The number of hydrogen-bond acceptors (Lipinski definition) is 3. The van der Waals surface area contributed by atoms with Crippen LogP contribution in [-0.4, -0.2) is 5.11 Å². The molecule has 0 atom stereocenters. The van der Waals surface area contributed by atoms with E-state index in [-0.39, 0.29) is 22.5 Å². The second-order valence-corrected chi connectivity index (χ2v) is 6.59. The molecule has 0 aliphatic carbocycles. The first-order valence-corrected chi connectivity index (χ1v) is 5.50. The molecule has 0 bridgehead atoms. The first kappa shape index (κ1) is 12.9. The maximum atomic E-state index is 11.5.